The Morgan fingerprint density at radius 1 is 0.808 bits per heavy atom. The van der Waals surface area contributed by atoms with Gasteiger partial charge in [0.2, 0.25) is 0 Å². The highest BCUT2D eigenvalue weighted by Gasteiger charge is 2.17. The average molecular weight is 375 g/mol. The van der Waals surface area contributed by atoms with Crippen LogP contribution < -0.4 is 20.1 Å². The summed E-state index contributed by atoms with van der Waals surface area (Å²) in [6, 6.07) is 11.7. The van der Waals surface area contributed by atoms with E-state index in [9.17, 15) is 4.55 Å². The predicted octanol–water partition coefficient (Wildman–Crippen LogP) is 3.70. The zero-order valence-corrected chi connectivity index (χ0v) is 16.2. The second-order valence-corrected chi connectivity index (χ2v) is 7.61. The first kappa shape index (κ1) is 18.9. The molecule has 0 aliphatic heterocycles. The van der Waals surface area contributed by atoms with Gasteiger partial charge in [-0.3, -0.25) is 0 Å². The van der Waals surface area contributed by atoms with Crippen LogP contribution >= 0.6 is 10.8 Å². The van der Waals surface area contributed by atoms with E-state index < -0.39 is 10.8 Å². The van der Waals surface area contributed by atoms with Crippen LogP contribution in [-0.2, 0) is 0 Å². The molecule has 2 aromatic carbocycles. The minimum absolute atomic E-state index is 0.643. The van der Waals surface area contributed by atoms with E-state index >= 15 is 0 Å². The molecule has 3 rings (SSSR count). The molecule has 0 aliphatic rings. The molecule has 0 amide bonds. The third-order valence-electron chi connectivity index (χ3n) is 4.28. The molecule has 1 heterocycles. The van der Waals surface area contributed by atoms with Gasteiger partial charge < -0.3 is 24.7 Å². The van der Waals surface area contributed by atoms with Crippen molar-refractivity contribution in [3.8, 4) is 11.5 Å². The first-order valence-electron chi connectivity index (χ1n) is 8.99. The molecule has 0 fully saturated rings. The molecule has 0 saturated carbocycles. The van der Waals surface area contributed by atoms with E-state index in [-0.39, 0.29) is 0 Å². The molecule has 0 spiro atoms. The molecule has 6 heteroatoms. The summed E-state index contributed by atoms with van der Waals surface area (Å²) in [6.45, 7) is 3.12. The third-order valence-corrected chi connectivity index (χ3v) is 5.75. The molecule has 3 aromatic rings. The summed E-state index contributed by atoms with van der Waals surface area (Å²) in [6.07, 6.45) is 1.87. The zero-order chi connectivity index (χ0) is 18.4. The topological polar surface area (TPSA) is 65.6 Å². The zero-order valence-electron chi connectivity index (χ0n) is 15.3. The van der Waals surface area contributed by atoms with Crippen molar-refractivity contribution >= 4 is 30.9 Å². The van der Waals surface area contributed by atoms with Crippen LogP contribution in [0, 0.1) is 0 Å². The molecule has 0 aliphatic carbocycles. The molecule has 0 radical (unpaired) electrons. The molecule has 140 valence electrons. The Morgan fingerprint density at radius 2 is 1.27 bits per heavy atom. The van der Waals surface area contributed by atoms with E-state index in [1.807, 2.05) is 50.5 Å². The number of fused-ring (bicyclic) bond motifs is 3. The first-order chi connectivity index (χ1) is 12.7. The van der Waals surface area contributed by atoms with E-state index in [0.29, 0.717) is 13.2 Å². The smallest absolute Gasteiger partial charge is 0.184 e. The van der Waals surface area contributed by atoms with E-state index in [1.165, 1.54) is 0 Å². The summed E-state index contributed by atoms with van der Waals surface area (Å²) >= 11 is 0. The Bertz CT molecular complexity index is 794. The van der Waals surface area contributed by atoms with Gasteiger partial charge in [0, 0.05) is 22.9 Å². The van der Waals surface area contributed by atoms with Crippen LogP contribution in [0.25, 0.3) is 20.2 Å². The summed E-state index contributed by atoms with van der Waals surface area (Å²) in [5, 5.41) is 8.23. The molecule has 2 N–H and O–H groups in total. The van der Waals surface area contributed by atoms with Crippen LogP contribution in [0.1, 0.15) is 12.8 Å². The fraction of sp³-hybridized carbons (Fsp3) is 0.400. The van der Waals surface area contributed by atoms with Gasteiger partial charge in [0.05, 0.1) is 13.2 Å². The Balaban J connectivity index is 1.81. The minimum atomic E-state index is -1.20. The summed E-state index contributed by atoms with van der Waals surface area (Å²) in [7, 11) is 2.65. The van der Waals surface area contributed by atoms with E-state index in [4.69, 9.17) is 9.47 Å². The van der Waals surface area contributed by atoms with E-state index in [1.54, 1.807) is 0 Å². The van der Waals surface area contributed by atoms with Crippen molar-refractivity contribution in [2.45, 2.75) is 12.8 Å². The van der Waals surface area contributed by atoms with Gasteiger partial charge in [-0.25, -0.2) is 0 Å². The highest BCUT2D eigenvalue weighted by atomic mass is 32.2. The molecule has 26 heavy (non-hydrogen) atoms. The monoisotopic (exact) mass is 374 g/mol. The highest BCUT2D eigenvalue weighted by molar-refractivity contribution is 7.37. The molecule has 0 saturated heterocycles. The van der Waals surface area contributed by atoms with E-state index in [2.05, 4.69) is 10.6 Å². The van der Waals surface area contributed by atoms with Crippen molar-refractivity contribution in [3.63, 3.8) is 0 Å². The summed E-state index contributed by atoms with van der Waals surface area (Å²) in [5.41, 5.74) is 0. The fourth-order valence-corrected chi connectivity index (χ4v) is 4.37. The fourth-order valence-electron chi connectivity index (χ4n) is 2.93. The first-order valence-corrected chi connectivity index (χ1v) is 10.1. The number of hydrogen-bond acceptors (Lipinski definition) is 5. The summed E-state index contributed by atoms with van der Waals surface area (Å²) < 4.78 is 26.1. The molecule has 0 bridgehead atoms. The molecule has 5 nitrogen and oxygen atoms in total. The number of rotatable bonds is 10. The van der Waals surface area contributed by atoms with Crippen molar-refractivity contribution < 1.29 is 14.0 Å². The summed E-state index contributed by atoms with van der Waals surface area (Å²) in [5.74, 6) is 1.54. The molecule has 1 aromatic heterocycles. The maximum atomic E-state index is 12.9. The van der Waals surface area contributed by atoms with Gasteiger partial charge in [-0.15, -0.1) is 0 Å². The molecular formula is C20H26N2O3S. The maximum absolute atomic E-state index is 12.9. The van der Waals surface area contributed by atoms with Crippen molar-refractivity contribution in [2.24, 2.45) is 0 Å². The lowest BCUT2D eigenvalue weighted by atomic mass is 10.1. The van der Waals surface area contributed by atoms with Gasteiger partial charge in [0.25, 0.3) is 0 Å². The number of benzene rings is 2. The molecular weight excluding hydrogens is 348 g/mol. The largest absolute Gasteiger partial charge is 0.590 e. The third kappa shape index (κ3) is 4.27. The van der Waals surface area contributed by atoms with E-state index in [0.717, 1.165) is 57.6 Å². The van der Waals surface area contributed by atoms with Crippen molar-refractivity contribution in [1.29, 1.82) is 0 Å². The average Bonchev–Trinajstić information content (AvgIpc) is 2.94. The van der Waals surface area contributed by atoms with Crippen LogP contribution in [0.15, 0.2) is 36.4 Å². The van der Waals surface area contributed by atoms with Gasteiger partial charge in [0.15, 0.2) is 9.40 Å². The standard InChI is InChI=1S/C20H26N2O3S/c1-21-9-3-11-24-15-5-7-17-18-8-6-16(25-12-4-10-22-2)14-20(18)26(23)19(17)13-15/h5-8,13-14,21-22H,3-4,9-12H2,1-2H3. The van der Waals surface area contributed by atoms with Crippen LogP contribution in [0.5, 0.6) is 11.5 Å². The Labute approximate surface area is 157 Å². The van der Waals surface area contributed by atoms with Gasteiger partial charge >= 0.3 is 0 Å². The van der Waals surface area contributed by atoms with Gasteiger partial charge in [-0.2, -0.15) is 0 Å². The number of thiophene rings is 1. The van der Waals surface area contributed by atoms with Gasteiger partial charge in [0.1, 0.15) is 11.5 Å². The Morgan fingerprint density at radius 3 is 1.69 bits per heavy atom. The number of nitrogens with one attached hydrogen (secondary N) is 2. The highest BCUT2D eigenvalue weighted by Crippen LogP contribution is 2.43. The van der Waals surface area contributed by atoms with Gasteiger partial charge in [-0.05, 0) is 75.0 Å². The Kier molecular flexibility index (Phi) is 6.68. The van der Waals surface area contributed by atoms with Crippen molar-refractivity contribution in [2.75, 3.05) is 40.4 Å². The molecule has 0 atom stereocenters. The van der Waals surface area contributed by atoms with Crippen LogP contribution in [0.3, 0.4) is 0 Å². The summed E-state index contributed by atoms with van der Waals surface area (Å²) in [4.78, 5) is 0. The lowest BCUT2D eigenvalue weighted by Crippen LogP contribution is -2.11. The van der Waals surface area contributed by atoms with Gasteiger partial charge in [-0.1, -0.05) is 0 Å². The second kappa shape index (κ2) is 9.19. The van der Waals surface area contributed by atoms with Crippen LogP contribution in [0.2, 0.25) is 0 Å². The maximum Gasteiger partial charge on any atom is 0.184 e. The lowest BCUT2D eigenvalue weighted by Gasteiger charge is -2.05. The number of ether oxygens (including phenoxy) is 2. The quantitative estimate of drug-likeness (QED) is 0.418. The van der Waals surface area contributed by atoms with Crippen molar-refractivity contribution in [3.05, 3.63) is 36.4 Å². The molecule has 0 unspecified atom stereocenters. The van der Waals surface area contributed by atoms with Crippen LogP contribution in [-0.4, -0.2) is 45.0 Å². The minimum Gasteiger partial charge on any atom is -0.590 e. The predicted molar refractivity (Wildman–Crippen MR) is 108 cm³/mol. The SMILES string of the molecule is CNCCCOc1ccc2c3ccc(OCCCNC)cc3[s+]([O-])c2c1. The number of hydrogen-bond donors (Lipinski definition) is 2. The second-order valence-electron chi connectivity index (χ2n) is 6.20. The van der Waals surface area contributed by atoms with Crippen LogP contribution in [0.4, 0.5) is 0 Å². The normalized spacial score (nSPS) is 11.3. The van der Waals surface area contributed by atoms with Crippen molar-refractivity contribution in [1.82, 2.24) is 10.6 Å². The lowest BCUT2D eigenvalue weighted by molar-refractivity contribution is 0.310. The Hall–Kier alpha value is -1.86.